The molecule has 0 radical (unpaired) electrons. The Labute approximate surface area is 113 Å². The molecule has 0 aliphatic rings. The maximum absolute atomic E-state index is 6.08. The molecule has 2 nitrogen and oxygen atoms in total. The molecule has 94 valence electrons. The summed E-state index contributed by atoms with van der Waals surface area (Å²) < 4.78 is 0. The first-order valence-electron chi connectivity index (χ1n) is 6.01. The third kappa shape index (κ3) is 3.02. The van der Waals surface area contributed by atoms with E-state index in [4.69, 9.17) is 11.6 Å². The van der Waals surface area contributed by atoms with Crippen LogP contribution in [0.25, 0.3) is 0 Å². The molecule has 0 fully saturated rings. The standard InChI is InChI=1S/C15H17ClN2/c1-10-4-6-13(7-5-10)12(3)18-14-8-11(2)9-17-15(14)16/h4-9,12,18H,1-3H3. The number of anilines is 1. The number of nitrogens with one attached hydrogen (secondary N) is 1. The van der Waals surface area contributed by atoms with E-state index in [2.05, 4.69) is 48.4 Å². The number of pyridine rings is 1. The molecule has 0 amide bonds. The maximum Gasteiger partial charge on any atom is 0.152 e. The fourth-order valence-electron chi connectivity index (χ4n) is 1.83. The monoisotopic (exact) mass is 260 g/mol. The van der Waals surface area contributed by atoms with Crippen molar-refractivity contribution in [3.8, 4) is 0 Å². The van der Waals surface area contributed by atoms with E-state index in [0.717, 1.165) is 11.3 Å². The molecule has 1 aromatic carbocycles. The third-order valence-corrected chi connectivity index (χ3v) is 3.23. The maximum atomic E-state index is 6.08. The van der Waals surface area contributed by atoms with Crippen LogP contribution in [-0.4, -0.2) is 4.98 Å². The van der Waals surface area contributed by atoms with Crippen LogP contribution in [0.5, 0.6) is 0 Å². The van der Waals surface area contributed by atoms with Gasteiger partial charge >= 0.3 is 0 Å². The van der Waals surface area contributed by atoms with Gasteiger partial charge < -0.3 is 5.32 Å². The molecule has 2 rings (SSSR count). The van der Waals surface area contributed by atoms with Crippen molar-refractivity contribution < 1.29 is 0 Å². The summed E-state index contributed by atoms with van der Waals surface area (Å²) in [5, 5.41) is 3.91. The molecule has 1 aromatic heterocycles. The summed E-state index contributed by atoms with van der Waals surface area (Å²) >= 11 is 6.08. The highest BCUT2D eigenvalue weighted by molar-refractivity contribution is 6.31. The lowest BCUT2D eigenvalue weighted by Gasteiger charge is -2.17. The van der Waals surface area contributed by atoms with Gasteiger partial charge in [-0.1, -0.05) is 41.4 Å². The Balaban J connectivity index is 2.18. The molecule has 3 heteroatoms. The third-order valence-electron chi connectivity index (χ3n) is 2.93. The average Bonchev–Trinajstić information content (AvgIpc) is 2.34. The number of hydrogen-bond acceptors (Lipinski definition) is 2. The molecule has 1 N–H and O–H groups in total. The molecule has 2 aromatic rings. The highest BCUT2D eigenvalue weighted by Crippen LogP contribution is 2.25. The lowest BCUT2D eigenvalue weighted by Crippen LogP contribution is -2.07. The number of rotatable bonds is 3. The highest BCUT2D eigenvalue weighted by atomic mass is 35.5. The summed E-state index contributed by atoms with van der Waals surface area (Å²) in [6.07, 6.45) is 1.77. The van der Waals surface area contributed by atoms with Gasteiger partial charge in [0.1, 0.15) is 0 Å². The topological polar surface area (TPSA) is 24.9 Å². The summed E-state index contributed by atoms with van der Waals surface area (Å²) in [6.45, 7) is 6.21. The van der Waals surface area contributed by atoms with Crippen LogP contribution in [-0.2, 0) is 0 Å². The lowest BCUT2D eigenvalue weighted by atomic mass is 10.1. The fourth-order valence-corrected chi connectivity index (χ4v) is 1.98. The van der Waals surface area contributed by atoms with E-state index in [1.807, 2.05) is 13.0 Å². The molecular formula is C15H17ClN2. The first-order valence-corrected chi connectivity index (χ1v) is 6.39. The van der Waals surface area contributed by atoms with Crippen LogP contribution in [0.1, 0.15) is 29.7 Å². The van der Waals surface area contributed by atoms with Crippen molar-refractivity contribution in [3.63, 3.8) is 0 Å². The van der Waals surface area contributed by atoms with Crippen molar-refractivity contribution in [3.05, 3.63) is 58.4 Å². The summed E-state index contributed by atoms with van der Waals surface area (Å²) in [5.74, 6) is 0. The van der Waals surface area contributed by atoms with Gasteiger partial charge in [0.05, 0.1) is 5.69 Å². The number of aromatic nitrogens is 1. The largest absolute Gasteiger partial charge is 0.376 e. The Bertz CT molecular complexity index is 535. The van der Waals surface area contributed by atoms with Crippen LogP contribution in [0.2, 0.25) is 5.15 Å². The number of nitrogens with zero attached hydrogens (tertiary/aromatic N) is 1. The minimum Gasteiger partial charge on any atom is -0.376 e. The Morgan fingerprint density at radius 3 is 2.44 bits per heavy atom. The molecule has 0 aliphatic heterocycles. The van der Waals surface area contributed by atoms with E-state index in [1.54, 1.807) is 6.20 Å². The van der Waals surface area contributed by atoms with Crippen molar-refractivity contribution in [2.75, 3.05) is 5.32 Å². The van der Waals surface area contributed by atoms with Gasteiger partial charge in [-0.15, -0.1) is 0 Å². The van der Waals surface area contributed by atoms with Crippen molar-refractivity contribution >= 4 is 17.3 Å². The zero-order chi connectivity index (χ0) is 13.1. The second kappa shape index (κ2) is 5.40. The minimum atomic E-state index is 0.201. The van der Waals surface area contributed by atoms with E-state index in [0.29, 0.717) is 5.15 Å². The van der Waals surface area contributed by atoms with Crippen molar-refractivity contribution in [1.29, 1.82) is 0 Å². The average molecular weight is 261 g/mol. The van der Waals surface area contributed by atoms with Crippen LogP contribution in [0.4, 0.5) is 5.69 Å². The summed E-state index contributed by atoms with van der Waals surface area (Å²) in [6, 6.07) is 10.7. The summed E-state index contributed by atoms with van der Waals surface area (Å²) in [4.78, 5) is 4.14. The SMILES string of the molecule is Cc1ccc(C(C)Nc2cc(C)cnc2Cl)cc1. The summed E-state index contributed by atoms with van der Waals surface area (Å²) in [7, 11) is 0. The lowest BCUT2D eigenvalue weighted by molar-refractivity contribution is 0.881. The first-order chi connectivity index (χ1) is 8.56. The van der Waals surface area contributed by atoms with E-state index in [1.165, 1.54) is 11.1 Å². The second-order valence-corrected chi connectivity index (χ2v) is 4.99. The van der Waals surface area contributed by atoms with Gasteiger partial charge in [0, 0.05) is 12.2 Å². The molecule has 0 bridgehead atoms. The van der Waals surface area contributed by atoms with Crippen LogP contribution in [0.15, 0.2) is 36.5 Å². The highest BCUT2D eigenvalue weighted by Gasteiger charge is 2.08. The zero-order valence-electron chi connectivity index (χ0n) is 10.9. The summed E-state index contributed by atoms with van der Waals surface area (Å²) in [5.41, 5.74) is 4.47. The molecule has 0 saturated carbocycles. The first kappa shape index (κ1) is 12.9. The van der Waals surface area contributed by atoms with Crippen LogP contribution < -0.4 is 5.32 Å². The Kier molecular flexibility index (Phi) is 3.87. The fraction of sp³-hybridized carbons (Fsp3) is 0.267. The minimum absolute atomic E-state index is 0.201. The predicted octanol–water partition coefficient (Wildman–Crippen LogP) is 4.52. The quantitative estimate of drug-likeness (QED) is 0.821. The van der Waals surface area contributed by atoms with Gasteiger partial charge in [0.25, 0.3) is 0 Å². The molecule has 1 atom stereocenters. The molecule has 0 spiro atoms. The van der Waals surface area contributed by atoms with E-state index < -0.39 is 0 Å². The number of hydrogen-bond donors (Lipinski definition) is 1. The van der Waals surface area contributed by atoms with Gasteiger partial charge in [0.15, 0.2) is 5.15 Å². The number of halogens is 1. The number of benzene rings is 1. The zero-order valence-corrected chi connectivity index (χ0v) is 11.6. The second-order valence-electron chi connectivity index (χ2n) is 4.63. The number of aryl methyl sites for hydroxylation is 2. The predicted molar refractivity (Wildman–Crippen MR) is 77.2 cm³/mol. The van der Waals surface area contributed by atoms with Crippen LogP contribution in [0.3, 0.4) is 0 Å². The van der Waals surface area contributed by atoms with Gasteiger partial charge in [0.2, 0.25) is 0 Å². The molecule has 0 aliphatic carbocycles. The van der Waals surface area contributed by atoms with Crippen molar-refractivity contribution in [2.24, 2.45) is 0 Å². The van der Waals surface area contributed by atoms with E-state index in [-0.39, 0.29) is 6.04 Å². The van der Waals surface area contributed by atoms with Crippen LogP contribution >= 0.6 is 11.6 Å². The molecule has 1 unspecified atom stereocenters. The molecule has 18 heavy (non-hydrogen) atoms. The Morgan fingerprint density at radius 1 is 1.11 bits per heavy atom. The van der Waals surface area contributed by atoms with E-state index in [9.17, 15) is 0 Å². The van der Waals surface area contributed by atoms with Gasteiger partial charge in [-0.3, -0.25) is 0 Å². The van der Waals surface area contributed by atoms with Gasteiger partial charge in [-0.25, -0.2) is 4.98 Å². The van der Waals surface area contributed by atoms with Gasteiger partial charge in [-0.05, 0) is 38.0 Å². The Morgan fingerprint density at radius 2 is 1.78 bits per heavy atom. The molecule has 1 heterocycles. The molecule has 0 saturated heterocycles. The van der Waals surface area contributed by atoms with Gasteiger partial charge in [-0.2, -0.15) is 0 Å². The van der Waals surface area contributed by atoms with Crippen molar-refractivity contribution in [1.82, 2.24) is 4.98 Å². The van der Waals surface area contributed by atoms with Crippen molar-refractivity contribution in [2.45, 2.75) is 26.8 Å². The van der Waals surface area contributed by atoms with Crippen LogP contribution in [0, 0.1) is 13.8 Å². The Hall–Kier alpha value is -1.54. The molecular weight excluding hydrogens is 244 g/mol. The van der Waals surface area contributed by atoms with E-state index >= 15 is 0 Å². The smallest absolute Gasteiger partial charge is 0.152 e. The normalized spacial score (nSPS) is 12.2.